The van der Waals surface area contributed by atoms with Gasteiger partial charge in [-0.25, -0.2) is 0 Å². The second kappa shape index (κ2) is 59.6. The van der Waals surface area contributed by atoms with Crippen LogP contribution >= 0.6 is 0 Å². The molecule has 0 aromatic heterocycles. The topological polar surface area (TPSA) is 78.9 Å². The van der Waals surface area contributed by atoms with Crippen molar-refractivity contribution >= 4 is 17.9 Å². The number of allylic oxidation sites excluding steroid dienone is 26. The average molecular weight is 1010 g/mol. The molecule has 0 aromatic carbocycles. The Bertz CT molecular complexity index is 1670. The Kier molecular flexibility index (Phi) is 55.5. The molecule has 0 aliphatic carbocycles. The third-order valence-electron chi connectivity index (χ3n) is 11.5. The first kappa shape index (κ1) is 68.0. The van der Waals surface area contributed by atoms with E-state index in [0.717, 1.165) is 154 Å². The van der Waals surface area contributed by atoms with Crippen LogP contribution in [-0.2, 0) is 28.6 Å². The summed E-state index contributed by atoms with van der Waals surface area (Å²) in [6.07, 6.45) is 86.5. The molecular weight excluding hydrogens is 901 g/mol. The molecule has 0 heterocycles. The Morgan fingerprint density at radius 3 is 0.836 bits per heavy atom. The van der Waals surface area contributed by atoms with Crippen LogP contribution in [0.1, 0.15) is 226 Å². The van der Waals surface area contributed by atoms with Crippen LogP contribution in [0.15, 0.2) is 158 Å². The van der Waals surface area contributed by atoms with Gasteiger partial charge in [0, 0.05) is 19.3 Å². The van der Waals surface area contributed by atoms with Crippen LogP contribution in [0.5, 0.6) is 0 Å². The highest BCUT2D eigenvalue weighted by Crippen LogP contribution is 2.12. The van der Waals surface area contributed by atoms with Crippen LogP contribution in [0.4, 0.5) is 0 Å². The van der Waals surface area contributed by atoms with Gasteiger partial charge in [0.2, 0.25) is 0 Å². The van der Waals surface area contributed by atoms with Crippen LogP contribution in [0, 0.1) is 0 Å². The minimum atomic E-state index is -0.828. The number of hydrogen-bond donors (Lipinski definition) is 0. The maximum Gasteiger partial charge on any atom is 0.306 e. The number of carbonyl (C=O) groups is 3. The summed E-state index contributed by atoms with van der Waals surface area (Å²) < 4.78 is 16.8. The molecule has 0 saturated heterocycles. The first-order valence-electron chi connectivity index (χ1n) is 29.0. The van der Waals surface area contributed by atoms with Crippen LogP contribution in [0.2, 0.25) is 0 Å². The molecule has 0 aliphatic heterocycles. The fourth-order valence-corrected chi connectivity index (χ4v) is 7.21. The SMILES string of the molecule is CC/C=C\C/C=C\C/C=C\C/C=C\C/C=C\CCCCCC(=O)OC[C@@H](COC(=O)CCCCCC/C=C\C/C=C\C/C=C\CCCCC)OC(=O)CCCCC/C=C\C/C=C\C/C=C\C/C=C\C/C=C\CC. The van der Waals surface area contributed by atoms with Gasteiger partial charge in [0.1, 0.15) is 13.2 Å². The second-order valence-electron chi connectivity index (χ2n) is 18.4. The number of carbonyl (C=O) groups excluding carboxylic acids is 3. The van der Waals surface area contributed by atoms with Crippen molar-refractivity contribution in [2.75, 3.05) is 13.2 Å². The van der Waals surface area contributed by atoms with E-state index in [1.807, 2.05) is 0 Å². The van der Waals surface area contributed by atoms with Gasteiger partial charge in [-0.15, -0.1) is 0 Å². The smallest absolute Gasteiger partial charge is 0.306 e. The maximum atomic E-state index is 12.9. The molecule has 0 bridgehead atoms. The van der Waals surface area contributed by atoms with E-state index in [1.165, 1.54) is 25.7 Å². The van der Waals surface area contributed by atoms with Crippen molar-refractivity contribution in [1.82, 2.24) is 0 Å². The molecule has 0 radical (unpaired) electrons. The molecule has 0 saturated carbocycles. The van der Waals surface area contributed by atoms with E-state index >= 15 is 0 Å². The van der Waals surface area contributed by atoms with Gasteiger partial charge in [0.25, 0.3) is 0 Å². The summed E-state index contributed by atoms with van der Waals surface area (Å²) in [7, 11) is 0. The molecule has 0 amide bonds. The first-order chi connectivity index (χ1) is 36.0. The van der Waals surface area contributed by atoms with Crippen LogP contribution in [-0.4, -0.2) is 37.2 Å². The highest BCUT2D eigenvalue weighted by Gasteiger charge is 2.19. The van der Waals surface area contributed by atoms with Gasteiger partial charge in [-0.1, -0.05) is 217 Å². The van der Waals surface area contributed by atoms with Crippen molar-refractivity contribution in [3.8, 4) is 0 Å². The van der Waals surface area contributed by atoms with Crippen molar-refractivity contribution < 1.29 is 28.6 Å². The molecule has 408 valence electrons. The Morgan fingerprint density at radius 2 is 0.534 bits per heavy atom. The number of esters is 3. The van der Waals surface area contributed by atoms with Crippen molar-refractivity contribution in [2.45, 2.75) is 232 Å². The lowest BCUT2D eigenvalue weighted by Gasteiger charge is -2.18. The summed E-state index contributed by atoms with van der Waals surface area (Å²) in [5.74, 6) is -1.01. The molecule has 1 atom stereocenters. The lowest BCUT2D eigenvalue weighted by atomic mass is 10.1. The van der Waals surface area contributed by atoms with Gasteiger partial charge >= 0.3 is 17.9 Å². The summed E-state index contributed by atoms with van der Waals surface area (Å²) in [5.41, 5.74) is 0. The first-order valence-corrected chi connectivity index (χ1v) is 29.0. The molecule has 0 N–H and O–H groups in total. The standard InChI is InChI=1S/C67H104O6/c1-4-7-10-13-16-19-22-25-28-31-33-36-39-42-45-48-51-54-57-60-66(69)72-63-64(62-71-65(68)59-56-53-50-47-44-41-38-35-30-27-24-21-18-15-12-9-6-3)73-67(70)61-58-55-52-49-46-43-40-37-34-32-29-26-23-20-17-14-11-8-5-2/h7-8,10-11,16-21,25-30,33-34,36-38,41-43,45-46,64H,4-6,9,12-15,22-24,31-32,35,39-40,44,47-63H2,1-3H3/b10-7-,11-8-,19-16-,20-17-,21-18-,28-25-,29-26-,30-27-,36-33-,37-34-,41-38-,45-42-,46-43-/t64-/m1/s1. The van der Waals surface area contributed by atoms with Crippen molar-refractivity contribution in [2.24, 2.45) is 0 Å². The molecule has 0 spiro atoms. The minimum Gasteiger partial charge on any atom is -0.462 e. The van der Waals surface area contributed by atoms with Gasteiger partial charge in [-0.05, 0) is 148 Å². The Labute approximate surface area is 448 Å². The summed E-state index contributed by atoms with van der Waals surface area (Å²) in [4.78, 5) is 38.2. The quantitative estimate of drug-likeness (QED) is 0.0261. The molecule has 0 rings (SSSR count). The van der Waals surface area contributed by atoms with Crippen LogP contribution < -0.4 is 0 Å². The summed E-state index contributed by atoms with van der Waals surface area (Å²) in [5, 5.41) is 0. The molecular formula is C67H104O6. The summed E-state index contributed by atoms with van der Waals surface area (Å²) >= 11 is 0. The van der Waals surface area contributed by atoms with Crippen LogP contribution in [0.3, 0.4) is 0 Å². The third kappa shape index (κ3) is 57.8. The number of unbranched alkanes of at least 4 members (excludes halogenated alkanes) is 13. The van der Waals surface area contributed by atoms with Gasteiger partial charge in [0.05, 0.1) is 0 Å². The molecule has 6 nitrogen and oxygen atoms in total. The predicted octanol–water partition coefficient (Wildman–Crippen LogP) is 19.8. The van der Waals surface area contributed by atoms with Gasteiger partial charge in [0.15, 0.2) is 6.10 Å². The highest BCUT2D eigenvalue weighted by molar-refractivity contribution is 5.71. The lowest BCUT2D eigenvalue weighted by Crippen LogP contribution is -2.30. The normalized spacial score (nSPS) is 13.3. The second-order valence-corrected chi connectivity index (χ2v) is 18.4. The molecule has 0 aliphatic rings. The lowest BCUT2D eigenvalue weighted by molar-refractivity contribution is -0.167. The number of rotatable bonds is 50. The molecule has 0 fully saturated rings. The van der Waals surface area contributed by atoms with Crippen LogP contribution in [0.25, 0.3) is 0 Å². The molecule has 0 aromatic rings. The molecule has 6 heteroatoms. The maximum absolute atomic E-state index is 12.9. The Balaban J connectivity index is 4.60. The van der Waals surface area contributed by atoms with Crippen molar-refractivity contribution in [3.63, 3.8) is 0 Å². The fourth-order valence-electron chi connectivity index (χ4n) is 7.21. The monoisotopic (exact) mass is 1000 g/mol. The van der Waals surface area contributed by atoms with E-state index in [-0.39, 0.29) is 37.5 Å². The number of hydrogen-bond acceptors (Lipinski definition) is 6. The van der Waals surface area contributed by atoms with Gasteiger partial charge < -0.3 is 14.2 Å². The molecule has 73 heavy (non-hydrogen) atoms. The fraction of sp³-hybridized carbons (Fsp3) is 0.567. The van der Waals surface area contributed by atoms with Crippen molar-refractivity contribution in [1.29, 1.82) is 0 Å². The largest absolute Gasteiger partial charge is 0.462 e. The third-order valence-corrected chi connectivity index (χ3v) is 11.5. The number of ether oxygens (including phenoxy) is 3. The van der Waals surface area contributed by atoms with Gasteiger partial charge in [-0.3, -0.25) is 14.4 Å². The van der Waals surface area contributed by atoms with E-state index in [0.29, 0.717) is 19.3 Å². The predicted molar refractivity (Wildman–Crippen MR) is 315 cm³/mol. The zero-order valence-corrected chi connectivity index (χ0v) is 46.6. The summed E-state index contributed by atoms with van der Waals surface area (Å²) in [6.45, 7) is 6.29. The Morgan fingerprint density at radius 1 is 0.288 bits per heavy atom. The zero-order chi connectivity index (χ0) is 52.9. The van der Waals surface area contributed by atoms with E-state index < -0.39 is 6.10 Å². The zero-order valence-electron chi connectivity index (χ0n) is 46.6. The van der Waals surface area contributed by atoms with E-state index in [2.05, 4.69) is 179 Å². The highest BCUT2D eigenvalue weighted by atomic mass is 16.6. The van der Waals surface area contributed by atoms with Crippen molar-refractivity contribution in [3.05, 3.63) is 158 Å². The molecule has 0 unspecified atom stereocenters. The van der Waals surface area contributed by atoms with E-state index in [1.54, 1.807) is 0 Å². The van der Waals surface area contributed by atoms with Gasteiger partial charge in [-0.2, -0.15) is 0 Å². The van der Waals surface area contributed by atoms with E-state index in [9.17, 15) is 14.4 Å². The minimum absolute atomic E-state index is 0.121. The average Bonchev–Trinajstić information content (AvgIpc) is 3.39. The Hall–Kier alpha value is -4.97. The van der Waals surface area contributed by atoms with E-state index in [4.69, 9.17) is 14.2 Å². The summed E-state index contributed by atoms with van der Waals surface area (Å²) in [6, 6.07) is 0.